The van der Waals surface area contributed by atoms with Crippen molar-refractivity contribution in [3.05, 3.63) is 0 Å². The van der Waals surface area contributed by atoms with Gasteiger partial charge in [0.1, 0.15) is 0 Å². The van der Waals surface area contributed by atoms with E-state index in [1.165, 1.54) is 0 Å². The van der Waals surface area contributed by atoms with Gasteiger partial charge in [-0.1, -0.05) is 13.8 Å². The summed E-state index contributed by atoms with van der Waals surface area (Å²) in [7, 11) is -0.986. The predicted molar refractivity (Wildman–Crippen MR) is 106 cm³/mol. The van der Waals surface area contributed by atoms with Crippen LogP contribution >= 0.6 is 35.7 Å². The van der Waals surface area contributed by atoms with Crippen molar-refractivity contribution in [1.29, 1.82) is 0 Å². The fourth-order valence-electron chi connectivity index (χ4n) is 2.87. The smallest absolute Gasteiger partial charge is 0.193 e. The van der Waals surface area contributed by atoms with Crippen LogP contribution in [0.2, 0.25) is 0 Å². The first-order valence-electron chi connectivity index (χ1n) is 7.69. The summed E-state index contributed by atoms with van der Waals surface area (Å²) < 4.78 is 23.0. The summed E-state index contributed by atoms with van der Waals surface area (Å²) in [5.41, 5.74) is 0. The molecule has 2 aliphatic rings. The summed E-state index contributed by atoms with van der Waals surface area (Å²) in [6.07, 6.45) is 0.775. The lowest BCUT2D eigenvalue weighted by atomic mass is 10.1. The van der Waals surface area contributed by atoms with Crippen LogP contribution in [0.25, 0.3) is 0 Å². The summed E-state index contributed by atoms with van der Waals surface area (Å²) in [5.74, 6) is 3.60. The van der Waals surface area contributed by atoms with Crippen molar-refractivity contribution in [2.24, 2.45) is 16.8 Å². The zero-order valence-electron chi connectivity index (χ0n) is 13.6. The summed E-state index contributed by atoms with van der Waals surface area (Å²) in [5, 5.41) is 4.02. The fraction of sp³-hybridized carbons (Fsp3) is 0.929. The van der Waals surface area contributed by atoms with Crippen molar-refractivity contribution in [1.82, 2.24) is 10.2 Å². The minimum absolute atomic E-state index is 0. The number of guanidine groups is 1. The highest BCUT2D eigenvalue weighted by atomic mass is 127. The Labute approximate surface area is 156 Å². The van der Waals surface area contributed by atoms with Gasteiger partial charge in [0.25, 0.3) is 0 Å². The zero-order valence-corrected chi connectivity index (χ0v) is 17.6. The third-order valence-corrected chi connectivity index (χ3v) is 7.60. The van der Waals surface area contributed by atoms with Gasteiger partial charge in [-0.25, -0.2) is 8.42 Å². The predicted octanol–water partition coefficient (Wildman–Crippen LogP) is 1.69. The average molecular weight is 461 g/mol. The van der Waals surface area contributed by atoms with Gasteiger partial charge in [-0.3, -0.25) is 4.99 Å². The van der Waals surface area contributed by atoms with E-state index in [1.807, 2.05) is 11.8 Å². The lowest BCUT2D eigenvalue weighted by molar-refractivity contribution is 0.377. The fourth-order valence-corrected chi connectivity index (χ4v) is 6.03. The van der Waals surface area contributed by atoms with Gasteiger partial charge in [-0.2, -0.15) is 11.8 Å². The molecular formula is C14H28IN3O2S2. The van der Waals surface area contributed by atoms with Crippen molar-refractivity contribution in [2.45, 2.75) is 25.5 Å². The molecule has 5 nitrogen and oxygen atoms in total. The Kier molecular flexibility index (Phi) is 8.29. The Hall–Kier alpha value is 0.300. The van der Waals surface area contributed by atoms with E-state index in [4.69, 9.17) is 0 Å². The summed E-state index contributed by atoms with van der Waals surface area (Å²) in [6, 6.07) is 0. The second kappa shape index (κ2) is 8.96. The largest absolute Gasteiger partial charge is 0.356 e. The molecule has 2 saturated heterocycles. The second-order valence-corrected chi connectivity index (χ2v) is 9.87. The molecule has 0 aromatic carbocycles. The van der Waals surface area contributed by atoms with Crippen LogP contribution in [-0.4, -0.2) is 68.5 Å². The van der Waals surface area contributed by atoms with Crippen LogP contribution in [0, 0.1) is 11.8 Å². The first-order chi connectivity index (χ1) is 9.91. The topological polar surface area (TPSA) is 61.8 Å². The second-order valence-electron chi connectivity index (χ2n) is 6.30. The minimum atomic E-state index is -2.79. The Balaban J connectivity index is 0.00000242. The van der Waals surface area contributed by atoms with E-state index in [0.717, 1.165) is 31.2 Å². The monoisotopic (exact) mass is 461 g/mol. The highest BCUT2D eigenvalue weighted by Gasteiger charge is 2.29. The molecule has 0 aromatic heterocycles. The molecule has 0 aromatic rings. The van der Waals surface area contributed by atoms with E-state index in [0.29, 0.717) is 29.2 Å². The van der Waals surface area contributed by atoms with Gasteiger partial charge in [0.15, 0.2) is 15.8 Å². The lowest BCUT2D eigenvalue weighted by Crippen LogP contribution is -2.49. The van der Waals surface area contributed by atoms with Gasteiger partial charge >= 0.3 is 0 Å². The molecule has 2 rings (SSSR count). The van der Waals surface area contributed by atoms with E-state index in [-0.39, 0.29) is 29.9 Å². The van der Waals surface area contributed by atoms with Gasteiger partial charge in [-0.15, -0.1) is 24.0 Å². The van der Waals surface area contributed by atoms with Crippen molar-refractivity contribution < 1.29 is 8.42 Å². The number of aliphatic imine (C=N–C) groups is 1. The Morgan fingerprint density at radius 1 is 1.45 bits per heavy atom. The molecule has 0 bridgehead atoms. The Bertz CT molecular complexity index is 482. The van der Waals surface area contributed by atoms with Gasteiger partial charge in [0.2, 0.25) is 0 Å². The number of halogens is 1. The molecule has 2 fully saturated rings. The van der Waals surface area contributed by atoms with Crippen LogP contribution in [0.3, 0.4) is 0 Å². The molecular weight excluding hydrogens is 433 g/mol. The highest BCUT2D eigenvalue weighted by Crippen LogP contribution is 2.25. The molecule has 8 heteroatoms. The van der Waals surface area contributed by atoms with Crippen molar-refractivity contribution in [3.63, 3.8) is 0 Å². The normalized spacial score (nSPS) is 28.5. The van der Waals surface area contributed by atoms with E-state index in [1.54, 1.807) is 7.05 Å². The molecule has 0 amide bonds. The van der Waals surface area contributed by atoms with Crippen molar-refractivity contribution in [2.75, 3.05) is 43.9 Å². The average Bonchev–Trinajstić information content (AvgIpc) is 2.79. The maximum absolute atomic E-state index is 11.5. The summed E-state index contributed by atoms with van der Waals surface area (Å²) >= 11 is 2.04. The Morgan fingerprint density at radius 2 is 2.18 bits per heavy atom. The number of rotatable bonds is 3. The maximum Gasteiger partial charge on any atom is 0.193 e. The standard InChI is InChI=1S/C14H27N3O2S2.HI/c1-11(2)13-9-17(5-6-20-13)14(15-3)16-8-12-4-7-21(18,19)10-12;/h11-13H,4-10H2,1-3H3,(H,15,16);1H. The van der Waals surface area contributed by atoms with Gasteiger partial charge in [0.05, 0.1) is 11.5 Å². The molecule has 0 radical (unpaired) electrons. The molecule has 0 saturated carbocycles. The summed E-state index contributed by atoms with van der Waals surface area (Å²) in [4.78, 5) is 6.69. The maximum atomic E-state index is 11.5. The van der Waals surface area contributed by atoms with Crippen LogP contribution in [0.15, 0.2) is 4.99 Å². The summed E-state index contributed by atoms with van der Waals surface area (Å²) in [6.45, 7) is 7.27. The number of nitrogens with one attached hydrogen (secondary N) is 1. The quantitative estimate of drug-likeness (QED) is 0.394. The molecule has 2 heterocycles. The first-order valence-corrected chi connectivity index (χ1v) is 10.6. The number of hydrogen-bond donors (Lipinski definition) is 1. The number of sulfone groups is 1. The van der Waals surface area contributed by atoms with E-state index >= 15 is 0 Å². The van der Waals surface area contributed by atoms with Crippen molar-refractivity contribution >= 4 is 51.5 Å². The number of hydrogen-bond acceptors (Lipinski definition) is 4. The lowest BCUT2D eigenvalue weighted by Gasteiger charge is -2.36. The molecule has 2 aliphatic heterocycles. The van der Waals surface area contributed by atoms with Gasteiger partial charge in [0, 0.05) is 37.7 Å². The highest BCUT2D eigenvalue weighted by molar-refractivity contribution is 14.0. The van der Waals surface area contributed by atoms with Crippen LogP contribution in [0.1, 0.15) is 20.3 Å². The SMILES string of the molecule is CN=C(NCC1CCS(=O)(=O)C1)N1CCSC(C(C)C)C1.I. The molecule has 2 unspecified atom stereocenters. The zero-order chi connectivity index (χ0) is 15.5. The first kappa shape index (κ1) is 20.3. The molecule has 0 spiro atoms. The van der Waals surface area contributed by atoms with Crippen LogP contribution in [-0.2, 0) is 9.84 Å². The molecule has 130 valence electrons. The minimum Gasteiger partial charge on any atom is -0.356 e. The third-order valence-electron chi connectivity index (χ3n) is 4.22. The molecule has 2 atom stereocenters. The van der Waals surface area contributed by atoms with E-state index in [9.17, 15) is 8.42 Å². The van der Waals surface area contributed by atoms with Crippen LogP contribution in [0.4, 0.5) is 0 Å². The van der Waals surface area contributed by atoms with Crippen molar-refractivity contribution in [3.8, 4) is 0 Å². The Morgan fingerprint density at radius 3 is 2.73 bits per heavy atom. The van der Waals surface area contributed by atoms with Gasteiger partial charge < -0.3 is 10.2 Å². The third kappa shape index (κ3) is 5.74. The van der Waals surface area contributed by atoms with Gasteiger partial charge in [-0.05, 0) is 18.3 Å². The van der Waals surface area contributed by atoms with Crippen LogP contribution < -0.4 is 5.32 Å². The van der Waals surface area contributed by atoms with E-state index in [2.05, 4.69) is 29.1 Å². The molecule has 1 N–H and O–H groups in total. The van der Waals surface area contributed by atoms with Crippen LogP contribution in [0.5, 0.6) is 0 Å². The molecule has 22 heavy (non-hydrogen) atoms. The van der Waals surface area contributed by atoms with E-state index < -0.39 is 9.84 Å². The molecule has 0 aliphatic carbocycles. The number of thioether (sulfide) groups is 1. The number of nitrogens with zero attached hydrogens (tertiary/aromatic N) is 2.